The van der Waals surface area contributed by atoms with Crippen LogP contribution in [0.15, 0.2) is 18.2 Å². The first-order valence-electron chi connectivity index (χ1n) is 5.54. The van der Waals surface area contributed by atoms with Crippen LogP contribution >= 0.6 is 0 Å². The molecule has 0 aliphatic heterocycles. The highest BCUT2D eigenvalue weighted by atomic mass is 16.3. The van der Waals surface area contributed by atoms with Crippen molar-refractivity contribution in [3.05, 3.63) is 23.8 Å². The van der Waals surface area contributed by atoms with E-state index < -0.39 is 5.91 Å². The molecule has 0 aliphatic rings. The van der Waals surface area contributed by atoms with Crippen molar-refractivity contribution in [3.8, 4) is 0 Å². The van der Waals surface area contributed by atoms with E-state index in [0.717, 1.165) is 5.69 Å². The maximum atomic E-state index is 11.2. The molecule has 5 N–H and O–H groups in total. The zero-order chi connectivity index (χ0) is 13.0. The second-order valence-corrected chi connectivity index (χ2v) is 4.15. The minimum atomic E-state index is -0.544. The van der Waals surface area contributed by atoms with Gasteiger partial charge in [-0.15, -0.1) is 0 Å². The van der Waals surface area contributed by atoms with Gasteiger partial charge in [0.05, 0.1) is 12.2 Å². The molecule has 0 spiro atoms. The number of rotatable bonds is 5. The summed E-state index contributed by atoms with van der Waals surface area (Å²) >= 11 is 0. The number of hydrogen-bond acceptors (Lipinski definition) is 4. The van der Waals surface area contributed by atoms with Crippen molar-refractivity contribution in [2.75, 3.05) is 23.8 Å². The molecule has 0 atom stereocenters. The van der Waals surface area contributed by atoms with Crippen molar-refractivity contribution in [3.63, 3.8) is 0 Å². The Morgan fingerprint density at radius 2 is 2.12 bits per heavy atom. The fraction of sp³-hybridized carbons (Fsp3) is 0.417. The SMILES string of the molecule is CC(C)N(CCO)c1ccc(N)c(C(N)=O)c1. The molecule has 0 bridgehead atoms. The molecule has 1 aromatic carbocycles. The quantitative estimate of drug-likeness (QED) is 0.653. The van der Waals surface area contributed by atoms with Crippen molar-refractivity contribution in [2.24, 2.45) is 5.73 Å². The molecule has 5 heteroatoms. The molecule has 0 aromatic heterocycles. The first-order chi connectivity index (χ1) is 7.97. The predicted octanol–water partition coefficient (Wildman–Crippen LogP) is 0.575. The minimum Gasteiger partial charge on any atom is -0.398 e. The van der Waals surface area contributed by atoms with Crippen LogP contribution in [0, 0.1) is 0 Å². The molecule has 0 unspecified atom stereocenters. The highest BCUT2D eigenvalue weighted by molar-refractivity contribution is 5.99. The van der Waals surface area contributed by atoms with Crippen molar-refractivity contribution in [1.29, 1.82) is 0 Å². The molecule has 17 heavy (non-hydrogen) atoms. The second kappa shape index (κ2) is 5.54. The van der Waals surface area contributed by atoms with Crippen molar-refractivity contribution < 1.29 is 9.90 Å². The van der Waals surface area contributed by atoms with Crippen LogP contribution in [-0.4, -0.2) is 30.2 Å². The first kappa shape index (κ1) is 13.3. The van der Waals surface area contributed by atoms with Gasteiger partial charge < -0.3 is 21.5 Å². The Morgan fingerprint density at radius 3 is 2.59 bits per heavy atom. The number of amides is 1. The zero-order valence-electron chi connectivity index (χ0n) is 10.2. The molecule has 1 aromatic rings. The van der Waals surface area contributed by atoms with E-state index in [2.05, 4.69) is 0 Å². The van der Waals surface area contributed by atoms with Crippen LogP contribution in [0.1, 0.15) is 24.2 Å². The lowest BCUT2D eigenvalue weighted by molar-refractivity contribution is 0.100. The topological polar surface area (TPSA) is 92.6 Å². The summed E-state index contributed by atoms with van der Waals surface area (Å²) in [6.45, 7) is 4.57. The Labute approximate surface area is 101 Å². The van der Waals surface area contributed by atoms with Crippen molar-refractivity contribution in [1.82, 2.24) is 0 Å². The average molecular weight is 237 g/mol. The number of aliphatic hydroxyl groups is 1. The summed E-state index contributed by atoms with van der Waals surface area (Å²) in [7, 11) is 0. The summed E-state index contributed by atoms with van der Waals surface area (Å²) in [6, 6.07) is 5.35. The number of benzene rings is 1. The van der Waals surface area contributed by atoms with Crippen molar-refractivity contribution >= 4 is 17.3 Å². The van der Waals surface area contributed by atoms with E-state index in [9.17, 15) is 4.79 Å². The third-order valence-electron chi connectivity index (χ3n) is 2.60. The third-order valence-corrected chi connectivity index (χ3v) is 2.60. The molecule has 94 valence electrons. The normalized spacial score (nSPS) is 10.6. The number of primary amides is 1. The number of hydrogen-bond donors (Lipinski definition) is 3. The monoisotopic (exact) mass is 237 g/mol. The summed E-state index contributed by atoms with van der Waals surface area (Å²) in [6.07, 6.45) is 0. The predicted molar refractivity (Wildman–Crippen MR) is 68.9 cm³/mol. The van der Waals surface area contributed by atoms with Gasteiger partial charge in [0.25, 0.3) is 5.91 Å². The molecule has 0 heterocycles. The van der Waals surface area contributed by atoms with Crippen LogP contribution < -0.4 is 16.4 Å². The van der Waals surface area contributed by atoms with E-state index in [0.29, 0.717) is 17.8 Å². The van der Waals surface area contributed by atoms with E-state index in [-0.39, 0.29) is 12.6 Å². The Kier molecular flexibility index (Phi) is 4.34. The van der Waals surface area contributed by atoms with Crippen LogP contribution in [0.2, 0.25) is 0 Å². The number of anilines is 2. The van der Waals surface area contributed by atoms with Gasteiger partial charge in [0.15, 0.2) is 0 Å². The smallest absolute Gasteiger partial charge is 0.250 e. The van der Waals surface area contributed by atoms with Gasteiger partial charge in [0.2, 0.25) is 0 Å². The van der Waals surface area contributed by atoms with E-state index in [1.807, 2.05) is 24.8 Å². The second-order valence-electron chi connectivity index (χ2n) is 4.15. The van der Waals surface area contributed by atoms with Crippen LogP contribution in [0.25, 0.3) is 0 Å². The highest BCUT2D eigenvalue weighted by Gasteiger charge is 2.13. The third kappa shape index (κ3) is 3.10. The molecule has 0 saturated carbocycles. The molecule has 0 fully saturated rings. The molecule has 1 rings (SSSR count). The van der Waals surface area contributed by atoms with Crippen LogP contribution in [0.4, 0.5) is 11.4 Å². The van der Waals surface area contributed by atoms with Gasteiger partial charge in [-0.2, -0.15) is 0 Å². The number of carbonyl (C=O) groups excluding carboxylic acids is 1. The van der Waals surface area contributed by atoms with E-state index in [1.54, 1.807) is 12.1 Å². The maximum Gasteiger partial charge on any atom is 0.250 e. The van der Waals surface area contributed by atoms with Crippen molar-refractivity contribution in [2.45, 2.75) is 19.9 Å². The zero-order valence-corrected chi connectivity index (χ0v) is 10.2. The number of nitrogen functional groups attached to an aromatic ring is 1. The maximum absolute atomic E-state index is 11.2. The Hall–Kier alpha value is -1.75. The van der Waals surface area contributed by atoms with Crippen LogP contribution in [0.3, 0.4) is 0 Å². The molecule has 0 radical (unpaired) electrons. The summed E-state index contributed by atoms with van der Waals surface area (Å²) in [4.78, 5) is 13.2. The Morgan fingerprint density at radius 1 is 1.47 bits per heavy atom. The molecular weight excluding hydrogens is 218 g/mol. The number of aliphatic hydroxyl groups excluding tert-OH is 1. The summed E-state index contributed by atoms with van der Waals surface area (Å²) in [5.41, 5.74) is 12.4. The fourth-order valence-corrected chi connectivity index (χ4v) is 1.73. The van der Waals surface area contributed by atoms with Gasteiger partial charge in [0.1, 0.15) is 0 Å². The van der Waals surface area contributed by atoms with Gasteiger partial charge in [-0.25, -0.2) is 0 Å². The van der Waals surface area contributed by atoms with Gasteiger partial charge in [-0.3, -0.25) is 4.79 Å². The van der Waals surface area contributed by atoms with Crippen LogP contribution in [0.5, 0.6) is 0 Å². The van der Waals surface area contributed by atoms with Gasteiger partial charge in [0, 0.05) is 24.0 Å². The molecular formula is C12H19N3O2. The lowest BCUT2D eigenvalue weighted by Gasteiger charge is -2.28. The summed E-state index contributed by atoms with van der Waals surface area (Å²) in [5, 5.41) is 9.02. The molecule has 5 nitrogen and oxygen atoms in total. The van der Waals surface area contributed by atoms with E-state index >= 15 is 0 Å². The fourth-order valence-electron chi connectivity index (χ4n) is 1.73. The molecule has 0 saturated heterocycles. The number of nitrogens with zero attached hydrogens (tertiary/aromatic N) is 1. The van der Waals surface area contributed by atoms with Crippen LogP contribution in [-0.2, 0) is 0 Å². The van der Waals surface area contributed by atoms with Gasteiger partial charge >= 0.3 is 0 Å². The minimum absolute atomic E-state index is 0.0501. The number of carbonyl (C=O) groups is 1. The largest absolute Gasteiger partial charge is 0.398 e. The van der Waals surface area contributed by atoms with E-state index in [4.69, 9.17) is 16.6 Å². The lowest BCUT2D eigenvalue weighted by atomic mass is 10.1. The first-order valence-corrected chi connectivity index (χ1v) is 5.54. The Balaban J connectivity index is 3.12. The lowest BCUT2D eigenvalue weighted by Crippen LogP contribution is -2.33. The summed E-state index contributed by atoms with van der Waals surface area (Å²) < 4.78 is 0. The van der Waals surface area contributed by atoms with Gasteiger partial charge in [-0.05, 0) is 32.0 Å². The average Bonchev–Trinajstić information content (AvgIpc) is 2.26. The van der Waals surface area contributed by atoms with E-state index in [1.165, 1.54) is 0 Å². The Bertz CT molecular complexity index is 405. The number of nitrogens with two attached hydrogens (primary N) is 2. The highest BCUT2D eigenvalue weighted by Crippen LogP contribution is 2.22. The van der Waals surface area contributed by atoms with Gasteiger partial charge in [-0.1, -0.05) is 0 Å². The standard InChI is InChI=1S/C12H19N3O2/c1-8(2)15(5-6-16)9-3-4-11(13)10(7-9)12(14)17/h3-4,7-8,16H,5-6,13H2,1-2H3,(H2,14,17). The molecule has 0 aliphatic carbocycles. The summed E-state index contributed by atoms with van der Waals surface area (Å²) in [5.74, 6) is -0.544. The molecule has 1 amide bonds.